The number of halogens is 2. The second kappa shape index (κ2) is 7.55. The maximum absolute atomic E-state index is 11.7. The van der Waals surface area contributed by atoms with Crippen molar-refractivity contribution in [2.24, 2.45) is 10.7 Å². The average Bonchev–Trinajstić information content (AvgIpc) is 2.85. The summed E-state index contributed by atoms with van der Waals surface area (Å²) in [6.45, 7) is 0.469. The highest BCUT2D eigenvalue weighted by Gasteiger charge is 2.20. The molecule has 0 aliphatic carbocycles. The molecule has 1 amide bonds. The summed E-state index contributed by atoms with van der Waals surface area (Å²) in [5, 5.41) is 0.271. The molecule has 0 saturated carbocycles. The standard InChI is InChI=1S/C17H12Br2N2O2S/c18-12-6-11(8-14-16(22)21-17(20)24-14)7-13(19)15(12)23-9-10-4-2-1-3-5-10/h1-8H,9H2,(H2,20,21,22)/b14-8-. The lowest BCUT2D eigenvalue weighted by Crippen LogP contribution is -2.01. The van der Waals surface area contributed by atoms with E-state index in [1.165, 1.54) is 11.8 Å². The fourth-order valence-electron chi connectivity index (χ4n) is 2.11. The first kappa shape index (κ1) is 17.3. The summed E-state index contributed by atoms with van der Waals surface area (Å²) in [5.74, 6) is 0.399. The van der Waals surface area contributed by atoms with Crippen molar-refractivity contribution in [3.8, 4) is 5.75 Å². The minimum atomic E-state index is -0.311. The van der Waals surface area contributed by atoms with Crippen LogP contribution in [0, 0.1) is 0 Å². The van der Waals surface area contributed by atoms with Crippen molar-refractivity contribution in [1.82, 2.24) is 0 Å². The molecule has 1 heterocycles. The Balaban J connectivity index is 1.79. The summed E-state index contributed by atoms with van der Waals surface area (Å²) in [7, 11) is 0. The number of aliphatic imine (C=N–C) groups is 1. The van der Waals surface area contributed by atoms with Crippen molar-refractivity contribution in [3.05, 3.63) is 67.4 Å². The van der Waals surface area contributed by atoms with E-state index in [-0.39, 0.29) is 11.1 Å². The van der Waals surface area contributed by atoms with Crippen LogP contribution in [0.4, 0.5) is 0 Å². The number of hydrogen-bond donors (Lipinski definition) is 1. The average molecular weight is 468 g/mol. The van der Waals surface area contributed by atoms with Gasteiger partial charge in [-0.05, 0) is 73.0 Å². The number of hydrogen-bond acceptors (Lipinski definition) is 4. The molecule has 2 aromatic rings. The number of ether oxygens (including phenoxy) is 1. The first-order chi connectivity index (χ1) is 11.5. The first-order valence-electron chi connectivity index (χ1n) is 6.97. The molecule has 3 rings (SSSR count). The van der Waals surface area contributed by atoms with E-state index in [1.807, 2.05) is 42.5 Å². The molecule has 122 valence electrons. The summed E-state index contributed by atoms with van der Waals surface area (Å²) in [6.07, 6.45) is 1.76. The van der Waals surface area contributed by atoms with Gasteiger partial charge in [0, 0.05) is 0 Å². The van der Waals surface area contributed by atoms with Crippen molar-refractivity contribution < 1.29 is 9.53 Å². The van der Waals surface area contributed by atoms with Crippen LogP contribution >= 0.6 is 43.6 Å². The van der Waals surface area contributed by atoms with Crippen molar-refractivity contribution >= 4 is 60.8 Å². The van der Waals surface area contributed by atoms with Gasteiger partial charge in [-0.1, -0.05) is 30.3 Å². The van der Waals surface area contributed by atoms with Gasteiger partial charge in [0.15, 0.2) is 5.17 Å². The Bertz CT molecular complexity index is 828. The van der Waals surface area contributed by atoms with E-state index in [4.69, 9.17) is 10.5 Å². The van der Waals surface area contributed by atoms with E-state index in [1.54, 1.807) is 6.08 Å². The van der Waals surface area contributed by atoms with Crippen LogP contribution in [-0.2, 0) is 11.4 Å². The number of amides is 1. The third-order valence-electron chi connectivity index (χ3n) is 3.18. The van der Waals surface area contributed by atoms with Crippen LogP contribution in [0.1, 0.15) is 11.1 Å². The second-order valence-corrected chi connectivity index (χ2v) is 7.72. The molecule has 0 unspecified atom stereocenters. The molecule has 0 bridgehead atoms. The van der Waals surface area contributed by atoms with Crippen molar-refractivity contribution in [1.29, 1.82) is 0 Å². The van der Waals surface area contributed by atoms with Crippen LogP contribution in [0.25, 0.3) is 6.08 Å². The van der Waals surface area contributed by atoms with Gasteiger partial charge in [-0.15, -0.1) is 0 Å². The highest BCUT2D eigenvalue weighted by molar-refractivity contribution is 9.11. The fraction of sp³-hybridized carbons (Fsp3) is 0.0588. The summed E-state index contributed by atoms with van der Waals surface area (Å²) >= 11 is 8.21. The number of carbonyl (C=O) groups excluding carboxylic acids is 1. The lowest BCUT2D eigenvalue weighted by atomic mass is 10.2. The Hall–Kier alpha value is -1.57. The smallest absolute Gasteiger partial charge is 0.286 e. The van der Waals surface area contributed by atoms with Crippen molar-refractivity contribution in [2.75, 3.05) is 0 Å². The van der Waals surface area contributed by atoms with Crippen molar-refractivity contribution in [3.63, 3.8) is 0 Å². The monoisotopic (exact) mass is 466 g/mol. The van der Waals surface area contributed by atoms with Crippen LogP contribution in [0.3, 0.4) is 0 Å². The first-order valence-corrected chi connectivity index (χ1v) is 9.37. The predicted octanol–water partition coefficient (Wildman–Crippen LogP) is 4.72. The maximum Gasteiger partial charge on any atom is 0.286 e. The Morgan fingerprint density at radius 3 is 2.42 bits per heavy atom. The number of benzene rings is 2. The van der Waals surface area contributed by atoms with Gasteiger partial charge >= 0.3 is 0 Å². The molecule has 0 aromatic heterocycles. The molecule has 1 aliphatic heterocycles. The molecular formula is C17H12Br2N2O2S. The third kappa shape index (κ3) is 4.09. The summed E-state index contributed by atoms with van der Waals surface area (Å²) in [5.41, 5.74) is 7.50. The maximum atomic E-state index is 11.7. The summed E-state index contributed by atoms with van der Waals surface area (Å²) < 4.78 is 7.48. The number of carbonyl (C=O) groups is 1. The van der Waals surface area contributed by atoms with Gasteiger partial charge in [0.1, 0.15) is 12.4 Å². The van der Waals surface area contributed by atoms with Gasteiger partial charge in [0.05, 0.1) is 13.9 Å². The Morgan fingerprint density at radius 2 is 1.83 bits per heavy atom. The number of nitrogens with two attached hydrogens (primary N) is 1. The molecule has 0 spiro atoms. The molecule has 0 saturated heterocycles. The third-order valence-corrected chi connectivity index (χ3v) is 5.17. The lowest BCUT2D eigenvalue weighted by Gasteiger charge is -2.11. The number of nitrogens with zero attached hydrogens (tertiary/aromatic N) is 1. The van der Waals surface area contributed by atoms with Gasteiger partial charge < -0.3 is 10.5 Å². The molecule has 7 heteroatoms. The molecule has 24 heavy (non-hydrogen) atoms. The van der Waals surface area contributed by atoms with Crippen LogP contribution in [0.5, 0.6) is 5.75 Å². The van der Waals surface area contributed by atoms with Crippen LogP contribution in [0.2, 0.25) is 0 Å². The number of amidine groups is 1. The van der Waals surface area contributed by atoms with E-state index in [0.717, 1.165) is 20.1 Å². The molecule has 0 fully saturated rings. The SMILES string of the molecule is NC1=NC(=O)/C(=C/c2cc(Br)c(OCc3ccccc3)c(Br)c2)S1. The Morgan fingerprint density at radius 1 is 1.17 bits per heavy atom. The quantitative estimate of drug-likeness (QED) is 0.660. The van der Waals surface area contributed by atoms with Gasteiger partial charge in [-0.2, -0.15) is 4.99 Å². The fourth-order valence-corrected chi connectivity index (χ4v) is 4.24. The Labute approximate surface area is 160 Å². The largest absolute Gasteiger partial charge is 0.487 e. The summed E-state index contributed by atoms with van der Waals surface area (Å²) in [4.78, 5) is 15.9. The molecule has 4 nitrogen and oxygen atoms in total. The highest BCUT2D eigenvalue weighted by Crippen LogP contribution is 2.37. The zero-order chi connectivity index (χ0) is 17.1. The lowest BCUT2D eigenvalue weighted by molar-refractivity contribution is -0.113. The van der Waals surface area contributed by atoms with Gasteiger partial charge in [0.2, 0.25) is 0 Å². The zero-order valence-electron chi connectivity index (χ0n) is 12.3. The van der Waals surface area contributed by atoms with E-state index in [9.17, 15) is 4.79 Å². The molecular weight excluding hydrogens is 456 g/mol. The molecule has 2 N–H and O–H groups in total. The van der Waals surface area contributed by atoms with Crippen LogP contribution in [0.15, 0.2) is 61.3 Å². The van der Waals surface area contributed by atoms with Crippen LogP contribution < -0.4 is 10.5 Å². The minimum Gasteiger partial charge on any atom is -0.487 e. The van der Waals surface area contributed by atoms with E-state index in [2.05, 4.69) is 36.9 Å². The highest BCUT2D eigenvalue weighted by atomic mass is 79.9. The normalized spacial score (nSPS) is 15.7. The molecule has 0 radical (unpaired) electrons. The minimum absolute atomic E-state index is 0.271. The van der Waals surface area contributed by atoms with Crippen LogP contribution in [-0.4, -0.2) is 11.1 Å². The zero-order valence-corrected chi connectivity index (χ0v) is 16.3. The van der Waals surface area contributed by atoms with E-state index in [0.29, 0.717) is 17.3 Å². The van der Waals surface area contributed by atoms with E-state index < -0.39 is 0 Å². The van der Waals surface area contributed by atoms with Gasteiger partial charge in [-0.3, -0.25) is 4.79 Å². The predicted molar refractivity (Wildman–Crippen MR) is 105 cm³/mol. The Kier molecular flexibility index (Phi) is 5.43. The number of thioether (sulfide) groups is 1. The van der Waals surface area contributed by atoms with Gasteiger partial charge in [0.25, 0.3) is 5.91 Å². The molecule has 2 aromatic carbocycles. The number of rotatable bonds is 4. The van der Waals surface area contributed by atoms with Gasteiger partial charge in [-0.25, -0.2) is 0 Å². The second-order valence-electron chi connectivity index (χ2n) is 4.95. The summed E-state index contributed by atoms with van der Waals surface area (Å²) in [6, 6.07) is 13.7. The van der Waals surface area contributed by atoms with E-state index >= 15 is 0 Å². The topological polar surface area (TPSA) is 64.7 Å². The molecule has 0 atom stereocenters. The molecule has 1 aliphatic rings. The van der Waals surface area contributed by atoms with Crippen molar-refractivity contribution in [2.45, 2.75) is 6.61 Å².